The van der Waals surface area contributed by atoms with Gasteiger partial charge in [0.2, 0.25) is 15.9 Å². The van der Waals surface area contributed by atoms with Crippen molar-refractivity contribution in [2.24, 2.45) is 5.92 Å². The van der Waals surface area contributed by atoms with Crippen molar-refractivity contribution in [1.29, 1.82) is 0 Å². The maximum atomic E-state index is 13.5. The number of nitrogens with zero attached hydrogens (tertiary/aromatic N) is 2. The van der Waals surface area contributed by atoms with Crippen LogP contribution in [0.1, 0.15) is 46.1 Å². The van der Waals surface area contributed by atoms with E-state index >= 15 is 0 Å². The molecule has 2 rings (SSSR count). The fourth-order valence-electron chi connectivity index (χ4n) is 3.42. The third kappa shape index (κ3) is 6.70. The predicted octanol–water partition coefficient (Wildman–Crippen LogP) is 5.38. The van der Waals surface area contributed by atoms with Gasteiger partial charge in [0, 0.05) is 49.5 Å². The molecule has 2 aromatic rings. The molecule has 1 amide bonds. The minimum absolute atomic E-state index is 0.0612. The molecule has 32 heavy (non-hydrogen) atoms. The van der Waals surface area contributed by atoms with Gasteiger partial charge in [0.1, 0.15) is 0 Å². The van der Waals surface area contributed by atoms with Gasteiger partial charge in [-0.25, -0.2) is 8.42 Å². The van der Waals surface area contributed by atoms with E-state index in [4.69, 9.17) is 11.6 Å². The first kappa shape index (κ1) is 26.2. The number of carbonyl (C=O) groups is 1. The summed E-state index contributed by atoms with van der Waals surface area (Å²) in [5.74, 6) is 0.188. The highest BCUT2D eigenvalue weighted by molar-refractivity contribution is 7.89. The van der Waals surface area contributed by atoms with Crippen LogP contribution in [-0.4, -0.2) is 38.8 Å². The number of sulfonamides is 1. The monoisotopic (exact) mass is 479 g/mol. The lowest BCUT2D eigenvalue weighted by Gasteiger charge is -2.30. The Morgan fingerprint density at radius 1 is 1.09 bits per heavy atom. The van der Waals surface area contributed by atoms with Crippen molar-refractivity contribution in [2.75, 3.05) is 24.3 Å². The van der Waals surface area contributed by atoms with Gasteiger partial charge in [0.25, 0.3) is 0 Å². The first-order chi connectivity index (χ1) is 14.9. The van der Waals surface area contributed by atoms with E-state index in [0.29, 0.717) is 23.6 Å². The molecule has 0 aliphatic rings. The number of rotatable bonds is 10. The molecule has 0 heterocycles. The van der Waals surface area contributed by atoms with Crippen molar-refractivity contribution >= 4 is 38.9 Å². The topological polar surface area (TPSA) is 69.7 Å². The van der Waals surface area contributed by atoms with E-state index in [1.807, 2.05) is 64.9 Å². The average molecular weight is 480 g/mol. The van der Waals surface area contributed by atoms with Gasteiger partial charge >= 0.3 is 0 Å². The Morgan fingerprint density at radius 3 is 2.34 bits per heavy atom. The molecule has 0 fully saturated rings. The van der Waals surface area contributed by atoms with Crippen LogP contribution < -0.4 is 10.2 Å². The first-order valence-electron chi connectivity index (χ1n) is 10.8. The quantitative estimate of drug-likeness (QED) is 0.496. The van der Waals surface area contributed by atoms with E-state index in [1.165, 1.54) is 10.4 Å². The number of hydrogen-bond donors (Lipinski definition) is 1. The van der Waals surface area contributed by atoms with Crippen LogP contribution in [0.2, 0.25) is 5.02 Å². The molecule has 6 nitrogen and oxygen atoms in total. The molecule has 0 unspecified atom stereocenters. The second-order valence-corrected chi connectivity index (χ2v) is 11.0. The Balaban J connectivity index is 2.47. The summed E-state index contributed by atoms with van der Waals surface area (Å²) in [5.41, 5.74) is 2.35. The van der Waals surface area contributed by atoms with Crippen LogP contribution in [0.5, 0.6) is 0 Å². The van der Waals surface area contributed by atoms with Gasteiger partial charge in [-0.1, -0.05) is 38.4 Å². The zero-order valence-corrected chi connectivity index (χ0v) is 21.3. The number of carbonyl (C=O) groups excluding carboxylic acids is 1. The van der Waals surface area contributed by atoms with Crippen molar-refractivity contribution in [3.8, 4) is 0 Å². The largest absolute Gasteiger partial charge is 0.377 e. The molecule has 8 heteroatoms. The molecule has 0 aromatic heterocycles. The highest BCUT2D eigenvalue weighted by Gasteiger charge is 2.29. The maximum Gasteiger partial charge on any atom is 0.243 e. The Morgan fingerprint density at radius 2 is 1.78 bits per heavy atom. The van der Waals surface area contributed by atoms with Crippen LogP contribution in [-0.2, 0) is 21.4 Å². The Kier molecular flexibility index (Phi) is 9.13. The highest BCUT2D eigenvalue weighted by Crippen LogP contribution is 2.29. The molecule has 0 aliphatic heterocycles. The van der Waals surface area contributed by atoms with Crippen LogP contribution in [0.25, 0.3) is 0 Å². The lowest BCUT2D eigenvalue weighted by Crippen LogP contribution is -2.38. The van der Waals surface area contributed by atoms with Crippen LogP contribution in [0, 0.1) is 5.92 Å². The average Bonchev–Trinajstić information content (AvgIpc) is 2.70. The third-order valence-electron chi connectivity index (χ3n) is 5.25. The van der Waals surface area contributed by atoms with Crippen molar-refractivity contribution in [3.63, 3.8) is 0 Å². The molecule has 0 bridgehead atoms. The van der Waals surface area contributed by atoms with Gasteiger partial charge < -0.3 is 10.2 Å². The Bertz CT molecular complexity index is 1040. The number of amides is 1. The zero-order valence-electron chi connectivity index (χ0n) is 19.7. The zero-order chi connectivity index (χ0) is 24.1. The van der Waals surface area contributed by atoms with Crippen molar-refractivity contribution < 1.29 is 13.2 Å². The number of nitrogens with one attached hydrogen (secondary N) is 1. The van der Waals surface area contributed by atoms with E-state index in [2.05, 4.69) is 5.32 Å². The van der Waals surface area contributed by atoms with Crippen molar-refractivity contribution in [1.82, 2.24) is 4.31 Å². The van der Waals surface area contributed by atoms with Crippen molar-refractivity contribution in [2.45, 2.75) is 58.0 Å². The standard InChI is InChI=1S/C24H34ClN3O3S/c1-7-18(4)28(32(30,31)22-10-8-9-20(25)15-22)16-19-14-21(11-12-23(19)27(5)6)26-24(29)13-17(2)3/h8-12,14-15,17-18H,7,13,16H2,1-6H3,(H,26,29)/t18-/m1/s1. The molecule has 0 saturated carbocycles. The Hall–Kier alpha value is -2.09. The van der Waals surface area contributed by atoms with Crippen LogP contribution >= 0.6 is 11.6 Å². The number of anilines is 2. The summed E-state index contributed by atoms with van der Waals surface area (Å²) in [7, 11) is 0.0389. The lowest BCUT2D eigenvalue weighted by molar-refractivity contribution is -0.116. The number of benzene rings is 2. The molecular weight excluding hydrogens is 446 g/mol. The van der Waals surface area contributed by atoms with Gasteiger partial charge in [-0.2, -0.15) is 4.31 Å². The van der Waals surface area contributed by atoms with E-state index in [9.17, 15) is 13.2 Å². The van der Waals surface area contributed by atoms with Gasteiger partial charge in [0.15, 0.2) is 0 Å². The van der Waals surface area contributed by atoms with E-state index < -0.39 is 10.0 Å². The number of halogens is 1. The van der Waals surface area contributed by atoms with Gasteiger partial charge in [0.05, 0.1) is 4.90 Å². The van der Waals surface area contributed by atoms with Gasteiger partial charge in [-0.05, 0) is 61.2 Å². The lowest BCUT2D eigenvalue weighted by atomic mass is 10.1. The minimum atomic E-state index is -3.78. The third-order valence-corrected chi connectivity index (χ3v) is 7.44. The summed E-state index contributed by atoms with van der Waals surface area (Å²) in [4.78, 5) is 14.4. The fraction of sp³-hybridized carbons (Fsp3) is 0.458. The van der Waals surface area contributed by atoms with Crippen molar-refractivity contribution in [3.05, 3.63) is 53.1 Å². The predicted molar refractivity (Wildman–Crippen MR) is 133 cm³/mol. The summed E-state index contributed by atoms with van der Waals surface area (Å²) in [6, 6.07) is 11.7. The minimum Gasteiger partial charge on any atom is -0.377 e. The first-order valence-corrected chi connectivity index (χ1v) is 12.6. The summed E-state index contributed by atoms with van der Waals surface area (Å²) >= 11 is 6.07. The SMILES string of the molecule is CC[C@@H](C)N(Cc1cc(NC(=O)CC(C)C)ccc1N(C)C)S(=O)(=O)c1cccc(Cl)c1. The molecule has 1 N–H and O–H groups in total. The molecule has 0 spiro atoms. The van der Waals surface area contributed by atoms with Gasteiger partial charge in [-0.3, -0.25) is 4.79 Å². The second-order valence-electron chi connectivity index (χ2n) is 8.65. The Labute approximate surface area is 197 Å². The summed E-state index contributed by atoms with van der Waals surface area (Å²) in [5, 5.41) is 3.31. The smallest absolute Gasteiger partial charge is 0.243 e. The fourth-order valence-corrected chi connectivity index (χ4v) is 5.41. The second kappa shape index (κ2) is 11.2. The molecule has 0 radical (unpaired) electrons. The molecule has 0 aliphatic carbocycles. The van der Waals surface area contributed by atoms with Crippen LogP contribution in [0.4, 0.5) is 11.4 Å². The van der Waals surface area contributed by atoms with Crippen LogP contribution in [0.3, 0.4) is 0 Å². The highest BCUT2D eigenvalue weighted by atomic mass is 35.5. The van der Waals surface area contributed by atoms with E-state index in [0.717, 1.165) is 11.3 Å². The molecular formula is C24H34ClN3O3S. The van der Waals surface area contributed by atoms with Crippen LogP contribution in [0.15, 0.2) is 47.4 Å². The molecule has 2 aromatic carbocycles. The van der Waals surface area contributed by atoms with E-state index in [-0.39, 0.29) is 29.3 Å². The van der Waals surface area contributed by atoms with Gasteiger partial charge in [-0.15, -0.1) is 0 Å². The molecule has 1 atom stereocenters. The van der Waals surface area contributed by atoms with E-state index in [1.54, 1.807) is 18.2 Å². The maximum absolute atomic E-state index is 13.5. The summed E-state index contributed by atoms with van der Waals surface area (Å²) < 4.78 is 28.6. The molecule has 176 valence electrons. The summed E-state index contributed by atoms with van der Waals surface area (Å²) in [6.07, 6.45) is 1.08. The normalized spacial score (nSPS) is 12.8. The summed E-state index contributed by atoms with van der Waals surface area (Å²) in [6.45, 7) is 8.01. The molecule has 0 saturated heterocycles. The number of hydrogen-bond acceptors (Lipinski definition) is 4.